The molecule has 4 aromatic rings. The van der Waals surface area contributed by atoms with E-state index in [1.165, 1.54) is 23.1 Å². The summed E-state index contributed by atoms with van der Waals surface area (Å²) in [5.41, 5.74) is 7.53. The summed E-state index contributed by atoms with van der Waals surface area (Å²) < 4.78 is 1.56. The Morgan fingerprint density at radius 1 is 1.07 bits per heavy atom. The first-order valence-corrected chi connectivity index (χ1v) is 10.7. The Hall–Kier alpha value is -3.50. The van der Waals surface area contributed by atoms with Crippen LogP contribution in [0.5, 0.6) is 0 Å². The molecule has 2 aromatic heterocycles. The molecule has 10 heteroatoms. The summed E-state index contributed by atoms with van der Waals surface area (Å²) in [6, 6.07) is 20.7. The van der Waals surface area contributed by atoms with Gasteiger partial charge in [0.1, 0.15) is 5.00 Å². The highest BCUT2D eigenvalue weighted by atomic mass is 32.2. The zero-order valence-electron chi connectivity index (χ0n) is 15.6. The van der Waals surface area contributed by atoms with Gasteiger partial charge in [0, 0.05) is 4.88 Å². The van der Waals surface area contributed by atoms with E-state index < -0.39 is 5.91 Å². The smallest absolute Gasteiger partial charge is 0.251 e. The van der Waals surface area contributed by atoms with E-state index >= 15 is 0 Å². The molecule has 0 saturated carbocycles. The Morgan fingerprint density at radius 2 is 1.77 bits per heavy atom. The van der Waals surface area contributed by atoms with Crippen molar-refractivity contribution < 1.29 is 9.59 Å². The number of tetrazole rings is 1. The Bertz CT molecular complexity index is 1170. The lowest BCUT2D eigenvalue weighted by Crippen LogP contribution is -2.18. The second kappa shape index (κ2) is 8.89. The van der Waals surface area contributed by atoms with Crippen LogP contribution in [-0.4, -0.2) is 37.8 Å². The lowest BCUT2D eigenvalue weighted by molar-refractivity contribution is -0.113. The molecule has 30 heavy (non-hydrogen) atoms. The number of rotatable bonds is 7. The van der Waals surface area contributed by atoms with Gasteiger partial charge in [0.05, 0.1) is 17.0 Å². The zero-order valence-corrected chi connectivity index (χ0v) is 17.2. The van der Waals surface area contributed by atoms with Gasteiger partial charge in [-0.1, -0.05) is 60.3 Å². The number of para-hydroxylation sites is 1. The predicted octanol–water partition coefficient (Wildman–Crippen LogP) is 3.22. The van der Waals surface area contributed by atoms with Crippen LogP contribution in [0.2, 0.25) is 0 Å². The molecule has 0 aliphatic rings. The van der Waals surface area contributed by atoms with Crippen molar-refractivity contribution >= 4 is 39.9 Å². The van der Waals surface area contributed by atoms with Gasteiger partial charge in [-0.05, 0) is 34.2 Å². The standard InChI is InChI=1S/C20H16N6O2S2/c21-18(28)15-11-16(13-7-3-1-4-8-13)30-19(15)22-17(27)12-29-20-23-24-25-26(20)14-9-5-2-6-10-14/h1-11H,12H2,(H2,21,28)(H,22,27). The number of benzene rings is 2. The fraction of sp³-hybridized carbons (Fsp3) is 0.0500. The summed E-state index contributed by atoms with van der Waals surface area (Å²) >= 11 is 2.50. The van der Waals surface area contributed by atoms with E-state index in [9.17, 15) is 9.59 Å². The van der Waals surface area contributed by atoms with Gasteiger partial charge in [-0.2, -0.15) is 4.68 Å². The summed E-state index contributed by atoms with van der Waals surface area (Å²) in [6.07, 6.45) is 0. The van der Waals surface area contributed by atoms with Gasteiger partial charge in [-0.3, -0.25) is 9.59 Å². The molecule has 0 aliphatic heterocycles. The summed E-state index contributed by atoms with van der Waals surface area (Å²) in [4.78, 5) is 25.2. The highest BCUT2D eigenvalue weighted by Crippen LogP contribution is 2.35. The SMILES string of the molecule is NC(=O)c1cc(-c2ccccc2)sc1NC(=O)CSc1nnnn1-c1ccccc1. The third-order valence-corrected chi connectivity index (χ3v) is 6.10. The molecular formula is C20H16N6O2S2. The van der Waals surface area contributed by atoms with Gasteiger partial charge in [0.25, 0.3) is 5.91 Å². The van der Waals surface area contributed by atoms with E-state index in [0.717, 1.165) is 16.1 Å². The average Bonchev–Trinajstić information content (AvgIpc) is 3.41. The molecule has 2 heterocycles. The molecule has 8 nitrogen and oxygen atoms in total. The van der Waals surface area contributed by atoms with Crippen LogP contribution in [0.3, 0.4) is 0 Å². The topological polar surface area (TPSA) is 116 Å². The third kappa shape index (κ3) is 4.39. The Balaban J connectivity index is 1.47. The average molecular weight is 437 g/mol. The van der Waals surface area contributed by atoms with Crippen LogP contribution in [0.4, 0.5) is 5.00 Å². The van der Waals surface area contributed by atoms with E-state index in [2.05, 4.69) is 20.8 Å². The van der Waals surface area contributed by atoms with Gasteiger partial charge in [-0.15, -0.1) is 16.4 Å². The number of nitrogens with zero attached hydrogens (tertiary/aromatic N) is 4. The predicted molar refractivity (Wildman–Crippen MR) is 117 cm³/mol. The monoisotopic (exact) mass is 436 g/mol. The number of hydrogen-bond acceptors (Lipinski definition) is 7. The minimum atomic E-state index is -0.593. The number of nitrogens with two attached hydrogens (primary N) is 1. The van der Waals surface area contributed by atoms with Gasteiger partial charge in [0.15, 0.2) is 0 Å². The van der Waals surface area contributed by atoms with Gasteiger partial charge in [0.2, 0.25) is 11.1 Å². The second-order valence-electron chi connectivity index (χ2n) is 6.13. The molecule has 0 saturated heterocycles. The minimum absolute atomic E-state index is 0.0734. The van der Waals surface area contributed by atoms with Crippen LogP contribution in [0, 0.1) is 0 Å². The summed E-state index contributed by atoms with van der Waals surface area (Å²) in [5.74, 6) is -0.805. The third-order valence-electron chi connectivity index (χ3n) is 4.08. The first kappa shape index (κ1) is 19.8. The molecular weight excluding hydrogens is 420 g/mol. The number of carbonyl (C=O) groups excluding carboxylic acids is 2. The maximum absolute atomic E-state index is 12.5. The molecule has 0 radical (unpaired) electrons. The number of thiophene rings is 1. The first-order valence-electron chi connectivity index (χ1n) is 8.87. The molecule has 0 bridgehead atoms. The number of aromatic nitrogens is 4. The van der Waals surface area contributed by atoms with Crippen molar-refractivity contribution in [2.24, 2.45) is 5.73 Å². The van der Waals surface area contributed by atoms with E-state index in [-0.39, 0.29) is 17.2 Å². The van der Waals surface area contributed by atoms with Gasteiger partial charge >= 0.3 is 0 Å². The quantitative estimate of drug-likeness (QED) is 0.430. The number of primary amides is 1. The van der Waals surface area contributed by atoms with Crippen LogP contribution < -0.4 is 11.1 Å². The van der Waals surface area contributed by atoms with Crippen LogP contribution >= 0.6 is 23.1 Å². The molecule has 0 fully saturated rings. The highest BCUT2D eigenvalue weighted by Gasteiger charge is 2.18. The first-order chi connectivity index (χ1) is 14.6. The normalized spacial score (nSPS) is 10.7. The number of nitrogens with one attached hydrogen (secondary N) is 1. The molecule has 0 atom stereocenters. The number of anilines is 1. The Kier molecular flexibility index (Phi) is 5.87. The largest absolute Gasteiger partial charge is 0.366 e. The van der Waals surface area contributed by atoms with E-state index in [0.29, 0.717) is 10.2 Å². The molecule has 150 valence electrons. The lowest BCUT2D eigenvalue weighted by atomic mass is 10.1. The Morgan fingerprint density at radius 3 is 2.47 bits per heavy atom. The minimum Gasteiger partial charge on any atom is -0.366 e. The number of carbonyl (C=O) groups is 2. The molecule has 2 amide bonds. The zero-order chi connectivity index (χ0) is 20.9. The van der Waals surface area contributed by atoms with Gasteiger partial charge in [-0.25, -0.2) is 0 Å². The molecule has 0 aliphatic carbocycles. The van der Waals surface area contributed by atoms with Crippen molar-refractivity contribution in [3.63, 3.8) is 0 Å². The van der Waals surface area contributed by atoms with Crippen LogP contribution in [-0.2, 0) is 4.79 Å². The van der Waals surface area contributed by atoms with Crippen molar-refractivity contribution in [3.8, 4) is 16.1 Å². The van der Waals surface area contributed by atoms with Crippen molar-refractivity contribution in [2.45, 2.75) is 5.16 Å². The maximum Gasteiger partial charge on any atom is 0.251 e. The van der Waals surface area contributed by atoms with Crippen molar-refractivity contribution in [3.05, 3.63) is 72.3 Å². The maximum atomic E-state index is 12.5. The van der Waals surface area contributed by atoms with Crippen molar-refractivity contribution in [1.29, 1.82) is 0 Å². The Labute approximate surface area is 180 Å². The highest BCUT2D eigenvalue weighted by molar-refractivity contribution is 7.99. The summed E-state index contributed by atoms with van der Waals surface area (Å²) in [5, 5.41) is 15.3. The fourth-order valence-corrected chi connectivity index (χ4v) is 4.48. The van der Waals surface area contributed by atoms with Gasteiger partial charge < -0.3 is 11.1 Å². The fourth-order valence-electron chi connectivity index (χ4n) is 2.70. The second-order valence-corrected chi connectivity index (χ2v) is 8.12. The lowest BCUT2D eigenvalue weighted by Gasteiger charge is -2.05. The number of thioether (sulfide) groups is 1. The number of hydrogen-bond donors (Lipinski definition) is 2. The van der Waals surface area contributed by atoms with Crippen LogP contribution in [0.25, 0.3) is 16.1 Å². The summed E-state index contributed by atoms with van der Waals surface area (Å²) in [6.45, 7) is 0. The molecule has 4 rings (SSSR count). The van der Waals surface area contributed by atoms with Crippen LogP contribution in [0.15, 0.2) is 71.9 Å². The molecule has 2 aromatic carbocycles. The summed E-state index contributed by atoms with van der Waals surface area (Å²) in [7, 11) is 0. The van der Waals surface area contributed by atoms with E-state index in [1.54, 1.807) is 10.7 Å². The molecule has 0 spiro atoms. The van der Waals surface area contributed by atoms with Crippen molar-refractivity contribution in [2.75, 3.05) is 11.1 Å². The molecule has 0 unspecified atom stereocenters. The number of amides is 2. The van der Waals surface area contributed by atoms with Crippen molar-refractivity contribution in [1.82, 2.24) is 20.2 Å². The van der Waals surface area contributed by atoms with E-state index in [4.69, 9.17) is 5.73 Å². The van der Waals surface area contributed by atoms with Crippen LogP contribution in [0.1, 0.15) is 10.4 Å². The van der Waals surface area contributed by atoms with E-state index in [1.807, 2.05) is 60.7 Å². The molecule has 3 N–H and O–H groups in total.